The Morgan fingerprint density at radius 1 is 1.14 bits per heavy atom. The highest BCUT2D eigenvalue weighted by atomic mass is 19.3. The van der Waals surface area contributed by atoms with Gasteiger partial charge in [-0.2, -0.15) is 0 Å². The zero-order valence-electron chi connectivity index (χ0n) is 8.31. The Labute approximate surface area is 83.7 Å². The van der Waals surface area contributed by atoms with Crippen LogP contribution in [-0.4, -0.2) is 5.92 Å². The van der Waals surface area contributed by atoms with Crippen LogP contribution >= 0.6 is 0 Å². The maximum absolute atomic E-state index is 13.1. The number of hydrogen-bond acceptors (Lipinski definition) is 0. The normalized spacial score (nSPS) is 27.4. The van der Waals surface area contributed by atoms with Crippen molar-refractivity contribution in [1.29, 1.82) is 0 Å². The van der Waals surface area contributed by atoms with Crippen LogP contribution in [0.4, 0.5) is 8.78 Å². The Bertz CT molecular complexity index is 257. The highest BCUT2D eigenvalue weighted by molar-refractivity contribution is 5.25. The standard InChI is InChI=1S/C12H16F2/c13-12(14)8-4-7-11(9-12)10-5-2-1-3-6-10/h4,7-8,10H,1-3,5-6,9H2. The Hall–Kier alpha value is -0.660. The van der Waals surface area contributed by atoms with Crippen molar-refractivity contribution in [3.63, 3.8) is 0 Å². The Balaban J connectivity index is 2.03. The average molecular weight is 198 g/mol. The molecular formula is C12H16F2. The van der Waals surface area contributed by atoms with E-state index < -0.39 is 5.92 Å². The molecule has 0 aromatic rings. The quantitative estimate of drug-likeness (QED) is 0.595. The summed E-state index contributed by atoms with van der Waals surface area (Å²) in [6, 6.07) is 0. The van der Waals surface area contributed by atoms with Gasteiger partial charge in [-0.3, -0.25) is 0 Å². The summed E-state index contributed by atoms with van der Waals surface area (Å²) < 4.78 is 26.2. The molecule has 1 fully saturated rings. The second-order valence-electron chi connectivity index (χ2n) is 4.37. The van der Waals surface area contributed by atoms with E-state index >= 15 is 0 Å². The molecule has 0 unspecified atom stereocenters. The molecule has 0 aromatic heterocycles. The van der Waals surface area contributed by atoms with Crippen molar-refractivity contribution in [2.45, 2.75) is 44.4 Å². The van der Waals surface area contributed by atoms with Crippen molar-refractivity contribution in [3.05, 3.63) is 23.8 Å². The van der Waals surface area contributed by atoms with E-state index in [4.69, 9.17) is 0 Å². The minimum Gasteiger partial charge on any atom is -0.202 e. The maximum Gasteiger partial charge on any atom is 0.270 e. The lowest BCUT2D eigenvalue weighted by molar-refractivity contribution is 0.0506. The highest BCUT2D eigenvalue weighted by Gasteiger charge is 2.31. The molecule has 2 rings (SSSR count). The molecule has 14 heavy (non-hydrogen) atoms. The number of alkyl halides is 2. The lowest BCUT2D eigenvalue weighted by Gasteiger charge is -2.28. The first-order valence-electron chi connectivity index (χ1n) is 5.43. The van der Waals surface area contributed by atoms with Crippen LogP contribution in [0.15, 0.2) is 23.8 Å². The van der Waals surface area contributed by atoms with Gasteiger partial charge in [-0.25, -0.2) is 8.78 Å². The maximum atomic E-state index is 13.1. The average Bonchev–Trinajstić information content (AvgIpc) is 2.18. The van der Waals surface area contributed by atoms with Crippen molar-refractivity contribution < 1.29 is 8.78 Å². The van der Waals surface area contributed by atoms with Gasteiger partial charge in [-0.05, 0) is 24.8 Å². The van der Waals surface area contributed by atoms with Crippen LogP contribution < -0.4 is 0 Å². The van der Waals surface area contributed by atoms with Crippen molar-refractivity contribution >= 4 is 0 Å². The molecule has 2 aliphatic rings. The lowest BCUT2D eigenvalue weighted by Crippen LogP contribution is -2.20. The van der Waals surface area contributed by atoms with Gasteiger partial charge in [0.25, 0.3) is 5.92 Å². The number of rotatable bonds is 1. The van der Waals surface area contributed by atoms with Crippen molar-refractivity contribution in [2.75, 3.05) is 0 Å². The van der Waals surface area contributed by atoms with Gasteiger partial charge in [-0.1, -0.05) is 37.0 Å². The van der Waals surface area contributed by atoms with Crippen LogP contribution in [0.1, 0.15) is 38.5 Å². The summed E-state index contributed by atoms with van der Waals surface area (Å²) in [4.78, 5) is 0. The smallest absolute Gasteiger partial charge is 0.202 e. The van der Waals surface area contributed by atoms with Crippen LogP contribution in [0.5, 0.6) is 0 Å². The third-order valence-corrected chi connectivity index (χ3v) is 3.22. The van der Waals surface area contributed by atoms with Crippen LogP contribution in [0.2, 0.25) is 0 Å². The molecule has 0 saturated heterocycles. The molecule has 2 aliphatic carbocycles. The molecule has 0 bridgehead atoms. The highest BCUT2D eigenvalue weighted by Crippen LogP contribution is 2.37. The second kappa shape index (κ2) is 3.84. The molecule has 0 spiro atoms. The molecule has 0 atom stereocenters. The summed E-state index contributed by atoms with van der Waals surface area (Å²) in [6.07, 6.45) is 10.3. The summed E-state index contributed by atoms with van der Waals surface area (Å²) in [5, 5.41) is 0. The fourth-order valence-corrected chi connectivity index (χ4v) is 2.46. The van der Waals surface area contributed by atoms with Gasteiger partial charge < -0.3 is 0 Å². The SMILES string of the molecule is FC1(F)C=CC=C(C2CCCCC2)C1. The number of allylic oxidation sites excluding steroid dienone is 4. The Kier molecular flexibility index (Phi) is 2.71. The summed E-state index contributed by atoms with van der Waals surface area (Å²) in [5.41, 5.74) is 0.970. The summed E-state index contributed by atoms with van der Waals surface area (Å²) >= 11 is 0. The van der Waals surface area contributed by atoms with Gasteiger partial charge in [0.15, 0.2) is 0 Å². The third kappa shape index (κ3) is 2.23. The van der Waals surface area contributed by atoms with Crippen LogP contribution in [-0.2, 0) is 0 Å². The molecule has 0 nitrogen and oxygen atoms in total. The predicted octanol–water partition coefficient (Wildman–Crippen LogP) is 4.09. The zero-order chi connectivity index (χ0) is 10.0. The fraction of sp³-hybridized carbons (Fsp3) is 0.667. The molecule has 0 aliphatic heterocycles. The van der Waals surface area contributed by atoms with Crippen molar-refractivity contribution in [3.8, 4) is 0 Å². The van der Waals surface area contributed by atoms with E-state index in [1.807, 2.05) is 6.08 Å². The predicted molar refractivity (Wildman–Crippen MR) is 53.4 cm³/mol. The molecule has 0 radical (unpaired) electrons. The van der Waals surface area contributed by atoms with E-state index in [9.17, 15) is 8.78 Å². The van der Waals surface area contributed by atoms with Gasteiger partial charge in [0.1, 0.15) is 0 Å². The topological polar surface area (TPSA) is 0 Å². The Morgan fingerprint density at radius 3 is 2.50 bits per heavy atom. The molecule has 0 amide bonds. The minimum absolute atomic E-state index is 0.0475. The minimum atomic E-state index is -2.60. The van der Waals surface area contributed by atoms with E-state index in [1.165, 1.54) is 25.3 Å². The van der Waals surface area contributed by atoms with E-state index in [1.54, 1.807) is 0 Å². The van der Waals surface area contributed by atoms with E-state index in [0.29, 0.717) is 5.92 Å². The van der Waals surface area contributed by atoms with Crippen molar-refractivity contribution in [2.24, 2.45) is 5.92 Å². The van der Waals surface area contributed by atoms with E-state index in [0.717, 1.165) is 24.5 Å². The first-order chi connectivity index (χ1) is 6.67. The monoisotopic (exact) mass is 198 g/mol. The van der Waals surface area contributed by atoms with Crippen molar-refractivity contribution in [1.82, 2.24) is 0 Å². The first-order valence-corrected chi connectivity index (χ1v) is 5.43. The van der Waals surface area contributed by atoms with Crippen LogP contribution in [0.3, 0.4) is 0 Å². The molecule has 2 heteroatoms. The second-order valence-corrected chi connectivity index (χ2v) is 4.37. The molecule has 1 saturated carbocycles. The number of hydrogen-bond donors (Lipinski definition) is 0. The molecule has 0 aromatic carbocycles. The van der Waals surface area contributed by atoms with Gasteiger partial charge >= 0.3 is 0 Å². The lowest BCUT2D eigenvalue weighted by atomic mass is 9.80. The summed E-state index contributed by atoms with van der Waals surface area (Å²) in [5.74, 6) is -2.17. The van der Waals surface area contributed by atoms with Gasteiger partial charge in [-0.15, -0.1) is 0 Å². The molecular weight excluding hydrogens is 182 g/mol. The molecule has 78 valence electrons. The van der Waals surface area contributed by atoms with Gasteiger partial charge in [0, 0.05) is 6.42 Å². The fourth-order valence-electron chi connectivity index (χ4n) is 2.46. The van der Waals surface area contributed by atoms with E-state index in [2.05, 4.69) is 0 Å². The zero-order valence-corrected chi connectivity index (χ0v) is 8.31. The molecule has 0 heterocycles. The number of halogens is 2. The first kappa shape index (κ1) is 9.88. The Morgan fingerprint density at radius 2 is 1.86 bits per heavy atom. The molecule has 0 N–H and O–H groups in total. The summed E-state index contributed by atoms with van der Waals surface area (Å²) in [6.45, 7) is 0. The van der Waals surface area contributed by atoms with Gasteiger partial charge in [0.05, 0.1) is 0 Å². The van der Waals surface area contributed by atoms with Crippen LogP contribution in [0.25, 0.3) is 0 Å². The summed E-state index contributed by atoms with van der Waals surface area (Å²) in [7, 11) is 0. The third-order valence-electron chi connectivity index (χ3n) is 3.22. The van der Waals surface area contributed by atoms with Gasteiger partial charge in [0.2, 0.25) is 0 Å². The largest absolute Gasteiger partial charge is 0.270 e. The van der Waals surface area contributed by atoms with Crippen LogP contribution in [0, 0.1) is 5.92 Å². The van der Waals surface area contributed by atoms with E-state index in [-0.39, 0.29) is 6.42 Å².